The zero-order valence-corrected chi connectivity index (χ0v) is 11.5. The van der Waals surface area contributed by atoms with Crippen molar-refractivity contribution < 1.29 is 9.32 Å². The highest BCUT2D eigenvalue weighted by Crippen LogP contribution is 2.27. The summed E-state index contributed by atoms with van der Waals surface area (Å²) in [5.41, 5.74) is 1.05. The van der Waals surface area contributed by atoms with Crippen molar-refractivity contribution in [3.05, 3.63) is 53.1 Å². The van der Waals surface area contributed by atoms with Crippen molar-refractivity contribution in [3.8, 4) is 5.75 Å². The SMILES string of the molecule is CCc1ccc(O)c([S@@](=O)c2ccc(Cl)cc2)c1. The molecule has 2 nitrogen and oxygen atoms in total. The van der Waals surface area contributed by atoms with E-state index in [4.69, 9.17) is 11.6 Å². The van der Waals surface area contributed by atoms with Gasteiger partial charge in [0.2, 0.25) is 0 Å². The summed E-state index contributed by atoms with van der Waals surface area (Å²) in [5.74, 6) is 0.0560. The fraction of sp³-hybridized carbons (Fsp3) is 0.143. The summed E-state index contributed by atoms with van der Waals surface area (Å²) < 4.78 is 12.4. The van der Waals surface area contributed by atoms with E-state index in [9.17, 15) is 9.32 Å². The third-order valence-electron chi connectivity index (χ3n) is 2.66. The molecule has 94 valence electrons. The first kappa shape index (κ1) is 13.1. The molecular weight excluding hydrogens is 268 g/mol. The average Bonchev–Trinajstić information content (AvgIpc) is 2.39. The predicted molar refractivity (Wildman–Crippen MR) is 73.6 cm³/mol. The van der Waals surface area contributed by atoms with Crippen LogP contribution >= 0.6 is 11.6 Å². The van der Waals surface area contributed by atoms with Crippen LogP contribution < -0.4 is 0 Å². The first-order valence-corrected chi connectivity index (χ1v) is 7.14. The summed E-state index contributed by atoms with van der Waals surface area (Å²) in [6, 6.07) is 12.0. The molecule has 4 heteroatoms. The fourth-order valence-electron chi connectivity index (χ4n) is 1.61. The van der Waals surface area contributed by atoms with Crippen LogP contribution in [-0.2, 0) is 17.2 Å². The minimum absolute atomic E-state index is 0.0560. The Balaban J connectivity index is 2.42. The molecule has 0 bridgehead atoms. The maximum absolute atomic E-state index is 12.4. The summed E-state index contributed by atoms with van der Waals surface area (Å²) in [6.45, 7) is 2.02. The van der Waals surface area contributed by atoms with Crippen LogP contribution in [0.3, 0.4) is 0 Å². The highest BCUT2D eigenvalue weighted by atomic mass is 35.5. The number of benzene rings is 2. The Morgan fingerprint density at radius 3 is 2.44 bits per heavy atom. The van der Waals surface area contributed by atoms with Crippen molar-refractivity contribution in [1.82, 2.24) is 0 Å². The second-order valence-corrected chi connectivity index (χ2v) is 5.76. The third kappa shape index (κ3) is 2.74. The third-order valence-corrected chi connectivity index (χ3v) is 4.34. The van der Waals surface area contributed by atoms with Crippen molar-refractivity contribution in [3.63, 3.8) is 0 Å². The van der Waals surface area contributed by atoms with Crippen LogP contribution in [0, 0.1) is 0 Å². The van der Waals surface area contributed by atoms with Crippen LogP contribution in [0.1, 0.15) is 12.5 Å². The number of aryl methyl sites for hydroxylation is 1. The molecule has 0 aliphatic rings. The van der Waals surface area contributed by atoms with Crippen molar-refractivity contribution in [2.24, 2.45) is 0 Å². The quantitative estimate of drug-likeness (QED) is 0.929. The lowest BCUT2D eigenvalue weighted by molar-refractivity contribution is 0.461. The minimum atomic E-state index is -1.39. The molecule has 0 amide bonds. The Bertz CT molecular complexity index is 579. The van der Waals surface area contributed by atoms with Crippen LogP contribution in [0.25, 0.3) is 0 Å². The number of phenols is 1. The number of rotatable bonds is 3. The molecule has 0 saturated heterocycles. The number of phenolic OH excluding ortho intramolecular Hbond substituents is 1. The molecule has 2 aromatic carbocycles. The second-order valence-electron chi connectivity index (χ2n) is 3.88. The summed E-state index contributed by atoms with van der Waals surface area (Å²) in [6.07, 6.45) is 0.838. The van der Waals surface area contributed by atoms with E-state index in [-0.39, 0.29) is 5.75 Å². The molecule has 0 radical (unpaired) electrons. The molecule has 1 N–H and O–H groups in total. The molecule has 0 heterocycles. The van der Waals surface area contributed by atoms with Gasteiger partial charge in [-0.15, -0.1) is 0 Å². The Labute approximate surface area is 114 Å². The lowest BCUT2D eigenvalue weighted by Gasteiger charge is -2.07. The molecule has 18 heavy (non-hydrogen) atoms. The summed E-state index contributed by atoms with van der Waals surface area (Å²) in [7, 11) is -1.39. The monoisotopic (exact) mass is 280 g/mol. The molecule has 0 aliphatic carbocycles. The maximum atomic E-state index is 12.4. The van der Waals surface area contributed by atoms with Gasteiger partial charge in [0.25, 0.3) is 0 Å². The van der Waals surface area contributed by atoms with E-state index < -0.39 is 10.8 Å². The van der Waals surface area contributed by atoms with Gasteiger partial charge in [0.05, 0.1) is 15.7 Å². The fourth-order valence-corrected chi connectivity index (χ4v) is 2.89. The van der Waals surface area contributed by atoms with E-state index in [1.807, 2.05) is 13.0 Å². The Morgan fingerprint density at radius 1 is 1.17 bits per heavy atom. The number of halogens is 1. The van der Waals surface area contributed by atoms with Crippen LogP contribution in [0.4, 0.5) is 0 Å². The molecule has 0 spiro atoms. The number of hydrogen-bond acceptors (Lipinski definition) is 2. The Kier molecular flexibility index (Phi) is 4.04. The topological polar surface area (TPSA) is 37.3 Å². The largest absolute Gasteiger partial charge is 0.507 e. The van der Waals surface area contributed by atoms with E-state index in [2.05, 4.69) is 0 Å². The summed E-state index contributed by atoms with van der Waals surface area (Å²) in [4.78, 5) is 1.07. The lowest BCUT2D eigenvalue weighted by Crippen LogP contribution is -1.95. The van der Waals surface area contributed by atoms with E-state index >= 15 is 0 Å². The van der Waals surface area contributed by atoms with Gasteiger partial charge in [0, 0.05) is 9.92 Å². The molecule has 0 aliphatic heterocycles. The van der Waals surface area contributed by atoms with Crippen LogP contribution in [0.5, 0.6) is 5.75 Å². The zero-order chi connectivity index (χ0) is 13.1. The van der Waals surface area contributed by atoms with Crippen molar-refractivity contribution in [2.45, 2.75) is 23.1 Å². The summed E-state index contributed by atoms with van der Waals surface area (Å²) in [5, 5.41) is 10.4. The van der Waals surface area contributed by atoms with E-state index in [1.165, 1.54) is 0 Å². The van der Waals surface area contributed by atoms with Gasteiger partial charge in [-0.1, -0.05) is 24.6 Å². The molecule has 2 rings (SSSR count). The predicted octanol–water partition coefficient (Wildman–Crippen LogP) is 3.77. The molecular formula is C14H13ClO2S. The number of hydrogen-bond donors (Lipinski definition) is 1. The van der Waals surface area contributed by atoms with Crippen molar-refractivity contribution in [2.75, 3.05) is 0 Å². The standard InChI is InChI=1S/C14H13ClO2S/c1-2-10-3-8-13(16)14(9-10)18(17)12-6-4-11(15)5-7-12/h3-9,16H,2H2,1H3/t18-/m0/s1. The van der Waals surface area contributed by atoms with Gasteiger partial charge >= 0.3 is 0 Å². The average molecular weight is 281 g/mol. The van der Waals surface area contributed by atoms with E-state index in [0.29, 0.717) is 14.8 Å². The number of aromatic hydroxyl groups is 1. The van der Waals surface area contributed by atoms with Gasteiger partial charge in [0.15, 0.2) is 0 Å². The van der Waals surface area contributed by atoms with Crippen LogP contribution in [0.2, 0.25) is 5.02 Å². The summed E-state index contributed by atoms with van der Waals surface area (Å²) >= 11 is 5.79. The highest BCUT2D eigenvalue weighted by molar-refractivity contribution is 7.85. The van der Waals surface area contributed by atoms with Gasteiger partial charge in [-0.05, 0) is 48.4 Å². The van der Waals surface area contributed by atoms with Crippen molar-refractivity contribution >= 4 is 22.4 Å². The normalized spacial score (nSPS) is 12.3. The first-order chi connectivity index (χ1) is 8.61. The van der Waals surface area contributed by atoms with Crippen LogP contribution in [0.15, 0.2) is 52.3 Å². The van der Waals surface area contributed by atoms with Gasteiger partial charge in [-0.2, -0.15) is 0 Å². The molecule has 0 aromatic heterocycles. The molecule has 0 saturated carbocycles. The molecule has 0 fully saturated rings. The Hall–Kier alpha value is -1.32. The molecule has 0 unspecified atom stereocenters. The van der Waals surface area contributed by atoms with Gasteiger partial charge in [-0.25, -0.2) is 4.21 Å². The van der Waals surface area contributed by atoms with Gasteiger partial charge in [-0.3, -0.25) is 0 Å². The van der Waals surface area contributed by atoms with E-state index in [0.717, 1.165) is 12.0 Å². The zero-order valence-electron chi connectivity index (χ0n) is 9.89. The van der Waals surface area contributed by atoms with Crippen LogP contribution in [-0.4, -0.2) is 9.32 Å². The van der Waals surface area contributed by atoms with E-state index in [1.54, 1.807) is 36.4 Å². The van der Waals surface area contributed by atoms with Gasteiger partial charge in [0.1, 0.15) is 5.75 Å². The van der Waals surface area contributed by atoms with Gasteiger partial charge < -0.3 is 5.11 Å². The molecule has 1 atom stereocenters. The smallest absolute Gasteiger partial charge is 0.132 e. The Morgan fingerprint density at radius 2 is 1.83 bits per heavy atom. The highest BCUT2D eigenvalue weighted by Gasteiger charge is 2.12. The van der Waals surface area contributed by atoms with Crippen molar-refractivity contribution in [1.29, 1.82) is 0 Å². The first-order valence-electron chi connectivity index (χ1n) is 5.61. The maximum Gasteiger partial charge on any atom is 0.132 e. The second kappa shape index (κ2) is 5.55. The minimum Gasteiger partial charge on any atom is -0.507 e. The lowest BCUT2D eigenvalue weighted by atomic mass is 10.2. The molecule has 2 aromatic rings.